The van der Waals surface area contributed by atoms with Gasteiger partial charge in [0.25, 0.3) is 5.91 Å². The van der Waals surface area contributed by atoms with Crippen LogP contribution in [0.1, 0.15) is 12.5 Å². The van der Waals surface area contributed by atoms with Gasteiger partial charge in [0.2, 0.25) is 0 Å². The first-order chi connectivity index (χ1) is 10.6. The standard InChI is InChI=1S/C17H16N2O3/c1-17(12-8-4-3-5-9-12)15(20)19(16(21)18-17)13-10-6-7-11-14(13)22-2/h3-11H,1-2H3,(H,18,21). The van der Waals surface area contributed by atoms with Crippen molar-refractivity contribution in [3.8, 4) is 5.75 Å². The molecule has 1 atom stereocenters. The molecule has 1 unspecified atom stereocenters. The molecule has 22 heavy (non-hydrogen) atoms. The SMILES string of the molecule is COc1ccccc1N1C(=O)NC(C)(c2ccccc2)C1=O. The molecule has 0 saturated carbocycles. The maximum Gasteiger partial charge on any atom is 0.330 e. The normalized spacial score (nSPS) is 20.9. The summed E-state index contributed by atoms with van der Waals surface area (Å²) in [4.78, 5) is 26.4. The molecule has 0 radical (unpaired) electrons. The smallest absolute Gasteiger partial charge is 0.330 e. The molecule has 0 bridgehead atoms. The van der Waals surface area contributed by atoms with Crippen molar-refractivity contribution in [3.63, 3.8) is 0 Å². The van der Waals surface area contributed by atoms with Crippen LogP contribution in [0.4, 0.5) is 10.5 Å². The van der Waals surface area contributed by atoms with Crippen molar-refractivity contribution in [1.29, 1.82) is 0 Å². The summed E-state index contributed by atoms with van der Waals surface area (Å²) < 4.78 is 5.25. The van der Waals surface area contributed by atoms with Crippen LogP contribution in [0.25, 0.3) is 0 Å². The lowest BCUT2D eigenvalue weighted by molar-refractivity contribution is -0.121. The fourth-order valence-electron chi connectivity index (χ4n) is 2.64. The van der Waals surface area contributed by atoms with Crippen LogP contribution in [-0.2, 0) is 10.3 Å². The number of para-hydroxylation sites is 2. The Bertz CT molecular complexity index is 730. The Labute approximate surface area is 128 Å². The van der Waals surface area contributed by atoms with Crippen molar-refractivity contribution in [2.24, 2.45) is 0 Å². The lowest BCUT2D eigenvalue weighted by Crippen LogP contribution is -2.40. The molecule has 5 heteroatoms. The molecule has 1 aliphatic heterocycles. The highest BCUT2D eigenvalue weighted by atomic mass is 16.5. The van der Waals surface area contributed by atoms with Gasteiger partial charge in [-0.25, -0.2) is 9.69 Å². The maximum absolute atomic E-state index is 12.9. The third-order valence-electron chi connectivity index (χ3n) is 3.87. The molecule has 112 valence electrons. The lowest BCUT2D eigenvalue weighted by Gasteiger charge is -2.22. The predicted octanol–water partition coefficient (Wildman–Crippen LogP) is 2.67. The second-order valence-corrected chi connectivity index (χ2v) is 5.23. The molecule has 1 saturated heterocycles. The summed E-state index contributed by atoms with van der Waals surface area (Å²) >= 11 is 0. The van der Waals surface area contributed by atoms with Crippen LogP contribution in [0.5, 0.6) is 5.75 Å². The van der Waals surface area contributed by atoms with E-state index in [4.69, 9.17) is 4.74 Å². The fourth-order valence-corrected chi connectivity index (χ4v) is 2.64. The van der Waals surface area contributed by atoms with E-state index >= 15 is 0 Å². The van der Waals surface area contributed by atoms with E-state index in [2.05, 4.69) is 5.32 Å². The van der Waals surface area contributed by atoms with E-state index in [0.29, 0.717) is 11.4 Å². The Balaban J connectivity index is 2.06. The quantitative estimate of drug-likeness (QED) is 0.886. The van der Waals surface area contributed by atoms with Gasteiger partial charge in [-0.15, -0.1) is 0 Å². The minimum absolute atomic E-state index is 0.326. The molecule has 0 spiro atoms. The third kappa shape index (κ3) is 2.02. The number of nitrogens with one attached hydrogen (secondary N) is 1. The Kier molecular flexibility index (Phi) is 3.33. The number of hydrogen-bond acceptors (Lipinski definition) is 3. The molecule has 3 rings (SSSR count). The molecule has 1 heterocycles. The fraction of sp³-hybridized carbons (Fsp3) is 0.176. The van der Waals surface area contributed by atoms with E-state index in [1.165, 1.54) is 7.11 Å². The molecule has 0 aliphatic carbocycles. The first kappa shape index (κ1) is 14.1. The van der Waals surface area contributed by atoms with Crippen LogP contribution >= 0.6 is 0 Å². The number of amides is 3. The van der Waals surface area contributed by atoms with E-state index in [1.54, 1.807) is 31.2 Å². The van der Waals surface area contributed by atoms with Crippen LogP contribution in [0.15, 0.2) is 54.6 Å². The van der Waals surface area contributed by atoms with Crippen molar-refractivity contribution >= 4 is 17.6 Å². The van der Waals surface area contributed by atoms with Crippen LogP contribution in [0.2, 0.25) is 0 Å². The molecular weight excluding hydrogens is 280 g/mol. The van der Waals surface area contributed by atoms with E-state index in [9.17, 15) is 9.59 Å². The van der Waals surface area contributed by atoms with Crippen molar-refractivity contribution in [1.82, 2.24) is 5.32 Å². The zero-order valence-electron chi connectivity index (χ0n) is 12.4. The minimum Gasteiger partial charge on any atom is -0.495 e. The van der Waals surface area contributed by atoms with E-state index in [1.807, 2.05) is 30.3 Å². The summed E-state index contributed by atoms with van der Waals surface area (Å²) in [5.41, 5.74) is 0.0945. The van der Waals surface area contributed by atoms with Crippen LogP contribution in [-0.4, -0.2) is 19.0 Å². The average Bonchev–Trinajstić information content (AvgIpc) is 2.78. The van der Waals surface area contributed by atoms with Crippen molar-refractivity contribution in [2.45, 2.75) is 12.5 Å². The van der Waals surface area contributed by atoms with E-state index < -0.39 is 11.6 Å². The number of imide groups is 1. The highest BCUT2D eigenvalue weighted by Gasteiger charge is 2.50. The number of benzene rings is 2. The second kappa shape index (κ2) is 5.18. The van der Waals surface area contributed by atoms with Crippen molar-refractivity contribution < 1.29 is 14.3 Å². The monoisotopic (exact) mass is 296 g/mol. The third-order valence-corrected chi connectivity index (χ3v) is 3.87. The summed E-state index contributed by atoms with van der Waals surface area (Å²) in [6.45, 7) is 1.71. The maximum atomic E-state index is 12.9. The highest BCUT2D eigenvalue weighted by molar-refractivity contribution is 6.23. The zero-order chi connectivity index (χ0) is 15.7. The molecule has 3 amide bonds. The van der Waals surface area contributed by atoms with Gasteiger partial charge in [-0.3, -0.25) is 4.79 Å². The van der Waals surface area contributed by atoms with E-state index in [-0.39, 0.29) is 5.91 Å². The molecule has 2 aromatic carbocycles. The second-order valence-electron chi connectivity index (χ2n) is 5.23. The van der Waals surface area contributed by atoms with Gasteiger partial charge in [0.1, 0.15) is 11.3 Å². The van der Waals surface area contributed by atoms with Gasteiger partial charge in [-0.05, 0) is 24.6 Å². The number of hydrogen-bond donors (Lipinski definition) is 1. The summed E-state index contributed by atoms with van der Waals surface area (Å²) in [5.74, 6) is 0.150. The minimum atomic E-state index is -1.08. The largest absolute Gasteiger partial charge is 0.495 e. The summed E-state index contributed by atoms with van der Waals surface area (Å²) in [7, 11) is 1.51. The number of anilines is 1. The number of urea groups is 1. The van der Waals surface area contributed by atoms with Crippen LogP contribution < -0.4 is 15.0 Å². The highest BCUT2D eigenvalue weighted by Crippen LogP contribution is 2.36. The Morgan fingerprint density at radius 1 is 1.00 bits per heavy atom. The van der Waals surface area contributed by atoms with E-state index in [0.717, 1.165) is 10.5 Å². The lowest BCUT2D eigenvalue weighted by atomic mass is 9.92. The van der Waals surface area contributed by atoms with Crippen LogP contribution in [0.3, 0.4) is 0 Å². The van der Waals surface area contributed by atoms with Gasteiger partial charge >= 0.3 is 6.03 Å². The molecule has 1 fully saturated rings. The van der Waals surface area contributed by atoms with Crippen molar-refractivity contribution in [2.75, 3.05) is 12.0 Å². The zero-order valence-corrected chi connectivity index (χ0v) is 12.4. The van der Waals surface area contributed by atoms with Gasteiger partial charge in [-0.2, -0.15) is 0 Å². The van der Waals surface area contributed by atoms with Crippen molar-refractivity contribution in [3.05, 3.63) is 60.2 Å². The number of carbonyl (C=O) groups excluding carboxylic acids is 2. The Morgan fingerprint density at radius 3 is 2.32 bits per heavy atom. The average molecular weight is 296 g/mol. The van der Waals surface area contributed by atoms with Gasteiger partial charge in [0.15, 0.2) is 0 Å². The van der Waals surface area contributed by atoms with Gasteiger partial charge < -0.3 is 10.1 Å². The Morgan fingerprint density at radius 2 is 1.64 bits per heavy atom. The first-order valence-electron chi connectivity index (χ1n) is 6.93. The first-order valence-corrected chi connectivity index (χ1v) is 6.93. The number of carbonyl (C=O) groups is 2. The van der Waals surface area contributed by atoms with Gasteiger partial charge in [0.05, 0.1) is 12.8 Å². The molecule has 5 nitrogen and oxygen atoms in total. The summed E-state index contributed by atoms with van der Waals surface area (Å²) in [6.07, 6.45) is 0. The number of nitrogens with zero attached hydrogens (tertiary/aromatic N) is 1. The predicted molar refractivity (Wildman–Crippen MR) is 82.8 cm³/mol. The molecule has 2 aromatic rings. The molecule has 1 aliphatic rings. The number of ether oxygens (including phenoxy) is 1. The van der Waals surface area contributed by atoms with Crippen LogP contribution in [0, 0.1) is 0 Å². The number of methoxy groups -OCH3 is 1. The van der Waals surface area contributed by atoms with Gasteiger partial charge in [0, 0.05) is 0 Å². The molecular formula is C17H16N2O3. The summed E-state index contributed by atoms with van der Waals surface area (Å²) in [6, 6.07) is 15.7. The molecule has 0 aromatic heterocycles. The Hall–Kier alpha value is -2.82. The number of rotatable bonds is 3. The topological polar surface area (TPSA) is 58.6 Å². The summed E-state index contributed by atoms with van der Waals surface area (Å²) in [5, 5.41) is 2.78. The van der Waals surface area contributed by atoms with Gasteiger partial charge in [-0.1, -0.05) is 42.5 Å². The molecule has 1 N–H and O–H groups in total.